The van der Waals surface area contributed by atoms with Gasteiger partial charge < -0.3 is 5.11 Å². The molecule has 2 N–H and O–H groups in total. The molecular formula is C5H12BrNO3S. The predicted molar refractivity (Wildman–Crippen MR) is 47.0 cm³/mol. The molecule has 0 heterocycles. The maximum absolute atomic E-state index is 10.9. The summed E-state index contributed by atoms with van der Waals surface area (Å²) in [6, 6.07) is -0.363. The molecule has 0 amide bonds. The number of aliphatic hydroxyl groups excluding tert-OH is 1. The van der Waals surface area contributed by atoms with Crippen molar-refractivity contribution in [2.75, 3.05) is 11.3 Å². The summed E-state index contributed by atoms with van der Waals surface area (Å²) >= 11 is 2.83. The highest BCUT2D eigenvalue weighted by molar-refractivity contribution is 9.10. The van der Waals surface area contributed by atoms with E-state index >= 15 is 0 Å². The first-order chi connectivity index (χ1) is 5.05. The molecule has 0 aromatic carbocycles. The molecule has 0 aromatic heterocycles. The SMILES string of the molecule is CC[C@@H](CO)NS(=O)(=O)CBr. The molecule has 0 rings (SSSR count). The first kappa shape index (κ1) is 11.4. The average Bonchev–Trinajstić information content (AvgIpc) is 2.00. The Bertz CT molecular complexity index is 188. The van der Waals surface area contributed by atoms with Crippen LogP contribution >= 0.6 is 15.9 Å². The van der Waals surface area contributed by atoms with Crippen molar-refractivity contribution in [1.82, 2.24) is 4.72 Å². The minimum Gasteiger partial charge on any atom is -0.395 e. The van der Waals surface area contributed by atoms with Gasteiger partial charge in [0, 0.05) is 6.04 Å². The van der Waals surface area contributed by atoms with E-state index in [0.717, 1.165) is 0 Å². The monoisotopic (exact) mass is 245 g/mol. The van der Waals surface area contributed by atoms with Gasteiger partial charge in [-0.15, -0.1) is 0 Å². The Labute approximate surface area is 75.2 Å². The van der Waals surface area contributed by atoms with E-state index in [1.807, 2.05) is 0 Å². The fraction of sp³-hybridized carbons (Fsp3) is 1.00. The second kappa shape index (κ2) is 5.08. The number of sulfonamides is 1. The van der Waals surface area contributed by atoms with Gasteiger partial charge in [0.2, 0.25) is 10.0 Å². The summed E-state index contributed by atoms with van der Waals surface area (Å²) in [5.74, 6) is 0. The van der Waals surface area contributed by atoms with Gasteiger partial charge in [-0.25, -0.2) is 13.1 Å². The number of hydrogen-bond acceptors (Lipinski definition) is 3. The van der Waals surface area contributed by atoms with Gasteiger partial charge in [0.05, 0.1) is 6.61 Å². The lowest BCUT2D eigenvalue weighted by Gasteiger charge is -2.12. The highest BCUT2D eigenvalue weighted by Crippen LogP contribution is 1.96. The summed E-state index contributed by atoms with van der Waals surface area (Å²) in [4.78, 5) is 0. The van der Waals surface area contributed by atoms with Crippen LogP contribution in [0, 0.1) is 0 Å². The van der Waals surface area contributed by atoms with Crippen molar-refractivity contribution >= 4 is 26.0 Å². The van der Waals surface area contributed by atoms with Crippen LogP contribution in [0.1, 0.15) is 13.3 Å². The Morgan fingerprint density at radius 1 is 1.64 bits per heavy atom. The Kier molecular flexibility index (Phi) is 5.24. The van der Waals surface area contributed by atoms with Crippen molar-refractivity contribution in [3.63, 3.8) is 0 Å². The highest BCUT2D eigenvalue weighted by atomic mass is 79.9. The maximum atomic E-state index is 10.9. The quantitative estimate of drug-likeness (QED) is 0.672. The smallest absolute Gasteiger partial charge is 0.221 e. The zero-order valence-electron chi connectivity index (χ0n) is 6.25. The lowest BCUT2D eigenvalue weighted by atomic mass is 10.3. The molecule has 4 nitrogen and oxygen atoms in total. The number of hydrogen-bond donors (Lipinski definition) is 2. The molecule has 0 aliphatic carbocycles. The van der Waals surface area contributed by atoms with Crippen LogP contribution in [-0.4, -0.2) is 30.8 Å². The molecule has 0 aliphatic rings. The van der Waals surface area contributed by atoms with Crippen LogP contribution in [0.5, 0.6) is 0 Å². The summed E-state index contributed by atoms with van der Waals surface area (Å²) in [6.07, 6.45) is 0.586. The molecule has 6 heteroatoms. The first-order valence-corrected chi connectivity index (χ1v) is 6.00. The van der Waals surface area contributed by atoms with Crippen molar-refractivity contribution in [2.24, 2.45) is 0 Å². The molecule has 11 heavy (non-hydrogen) atoms. The van der Waals surface area contributed by atoms with Gasteiger partial charge in [0.15, 0.2) is 0 Å². The van der Waals surface area contributed by atoms with E-state index in [4.69, 9.17) is 5.11 Å². The van der Waals surface area contributed by atoms with Gasteiger partial charge in [0.25, 0.3) is 0 Å². The number of alkyl halides is 1. The van der Waals surface area contributed by atoms with E-state index in [1.165, 1.54) is 0 Å². The fourth-order valence-electron chi connectivity index (χ4n) is 0.535. The number of nitrogens with one attached hydrogen (secondary N) is 1. The first-order valence-electron chi connectivity index (χ1n) is 3.22. The summed E-state index contributed by atoms with van der Waals surface area (Å²) in [5.41, 5.74) is 0. The molecule has 0 aliphatic heterocycles. The number of aliphatic hydroxyl groups is 1. The molecule has 0 unspecified atom stereocenters. The van der Waals surface area contributed by atoms with E-state index in [0.29, 0.717) is 6.42 Å². The standard InChI is InChI=1S/C5H12BrNO3S/c1-2-5(3-8)7-11(9,10)4-6/h5,7-8H,2-4H2,1H3/t5-/m0/s1. The molecule has 0 spiro atoms. The minimum absolute atomic E-state index is 0.128. The average molecular weight is 246 g/mol. The molecule has 1 atom stereocenters. The Balaban J connectivity index is 4.01. The zero-order valence-corrected chi connectivity index (χ0v) is 8.65. The Morgan fingerprint density at radius 2 is 2.18 bits per heavy atom. The van der Waals surface area contributed by atoms with Crippen LogP contribution in [0.2, 0.25) is 0 Å². The van der Waals surface area contributed by atoms with Crippen LogP contribution in [0.25, 0.3) is 0 Å². The van der Waals surface area contributed by atoms with E-state index in [9.17, 15) is 8.42 Å². The minimum atomic E-state index is -3.24. The number of rotatable bonds is 5. The summed E-state index contributed by atoms with van der Waals surface area (Å²) in [7, 11) is -3.24. The summed E-state index contributed by atoms with van der Waals surface area (Å²) in [6.45, 7) is 1.64. The molecule has 0 saturated heterocycles. The summed E-state index contributed by atoms with van der Waals surface area (Å²) in [5, 5.41) is 8.64. The molecule has 0 bridgehead atoms. The maximum Gasteiger partial charge on any atom is 0.221 e. The molecule has 0 aromatic rings. The fourth-order valence-corrected chi connectivity index (χ4v) is 1.74. The van der Waals surface area contributed by atoms with Gasteiger partial charge in [-0.05, 0) is 6.42 Å². The van der Waals surface area contributed by atoms with Crippen molar-refractivity contribution in [3.8, 4) is 0 Å². The normalized spacial score (nSPS) is 14.8. The van der Waals surface area contributed by atoms with Crippen LogP contribution in [0.15, 0.2) is 0 Å². The molecule has 0 saturated carbocycles. The molecule has 68 valence electrons. The van der Waals surface area contributed by atoms with Crippen LogP contribution in [-0.2, 0) is 10.0 Å². The lowest BCUT2D eigenvalue weighted by Crippen LogP contribution is -2.37. The van der Waals surface area contributed by atoms with Gasteiger partial charge in [-0.3, -0.25) is 0 Å². The van der Waals surface area contributed by atoms with E-state index in [-0.39, 0.29) is 17.3 Å². The second-order valence-corrected chi connectivity index (χ2v) is 5.19. The zero-order chi connectivity index (χ0) is 8.91. The topological polar surface area (TPSA) is 66.4 Å². The summed E-state index contributed by atoms with van der Waals surface area (Å²) < 4.78 is 23.9. The van der Waals surface area contributed by atoms with Gasteiger partial charge in [0.1, 0.15) is 4.66 Å². The van der Waals surface area contributed by atoms with E-state index in [1.54, 1.807) is 6.92 Å². The highest BCUT2D eigenvalue weighted by Gasteiger charge is 2.13. The van der Waals surface area contributed by atoms with Gasteiger partial charge in [-0.2, -0.15) is 0 Å². The third-order valence-corrected chi connectivity index (χ3v) is 3.99. The third kappa shape index (κ3) is 4.73. The van der Waals surface area contributed by atoms with Crippen LogP contribution in [0.3, 0.4) is 0 Å². The van der Waals surface area contributed by atoms with Crippen LogP contribution in [0.4, 0.5) is 0 Å². The van der Waals surface area contributed by atoms with E-state index in [2.05, 4.69) is 20.7 Å². The molecule has 0 fully saturated rings. The van der Waals surface area contributed by atoms with E-state index < -0.39 is 10.0 Å². The van der Waals surface area contributed by atoms with Gasteiger partial charge in [-0.1, -0.05) is 22.9 Å². The third-order valence-electron chi connectivity index (χ3n) is 1.20. The lowest BCUT2D eigenvalue weighted by molar-refractivity contribution is 0.254. The van der Waals surface area contributed by atoms with Crippen molar-refractivity contribution in [3.05, 3.63) is 0 Å². The Hall–Kier alpha value is 0.350. The largest absolute Gasteiger partial charge is 0.395 e. The molecular weight excluding hydrogens is 234 g/mol. The van der Waals surface area contributed by atoms with Crippen molar-refractivity contribution < 1.29 is 13.5 Å². The number of halogens is 1. The second-order valence-electron chi connectivity index (χ2n) is 2.13. The predicted octanol–water partition coefficient (Wildman–Crippen LogP) is 0.0291. The van der Waals surface area contributed by atoms with Crippen molar-refractivity contribution in [1.29, 1.82) is 0 Å². The molecule has 0 radical (unpaired) electrons. The van der Waals surface area contributed by atoms with Crippen LogP contribution < -0.4 is 4.72 Å². The Morgan fingerprint density at radius 3 is 2.45 bits per heavy atom. The van der Waals surface area contributed by atoms with Crippen molar-refractivity contribution in [2.45, 2.75) is 19.4 Å². The van der Waals surface area contributed by atoms with Gasteiger partial charge >= 0.3 is 0 Å².